The average molecular weight is 307 g/mol. The van der Waals surface area contributed by atoms with Crippen LogP contribution in [0.2, 0.25) is 0 Å². The molecule has 0 saturated heterocycles. The molecule has 2 aromatic rings. The molecule has 0 radical (unpaired) electrons. The first kappa shape index (κ1) is 15.5. The largest absolute Gasteiger partial charge is 0.371 e. The molecule has 2 aromatic carbocycles. The highest BCUT2D eigenvalue weighted by molar-refractivity contribution is 5.91. The Morgan fingerprint density at radius 1 is 1.17 bits per heavy atom. The van der Waals surface area contributed by atoms with Crippen LogP contribution in [0.5, 0.6) is 0 Å². The van der Waals surface area contributed by atoms with Gasteiger partial charge in [0.05, 0.1) is 12.6 Å². The van der Waals surface area contributed by atoms with Gasteiger partial charge in [0.15, 0.2) is 0 Å². The predicted molar refractivity (Wildman–Crippen MR) is 91.9 cm³/mol. The maximum Gasteiger partial charge on any atom is 0.244 e. The Bertz CT molecular complexity index is 694. The second-order valence-electron chi connectivity index (χ2n) is 5.78. The number of rotatable bonds is 4. The number of carbonyl (C=O) groups is 1. The number of amides is 1. The highest BCUT2D eigenvalue weighted by atomic mass is 16.5. The Balaban J connectivity index is 1.64. The SMILES string of the molecule is C[C@@H](NC(=O)C=Cc1ccccc1)[C@@H]1OCCc2ccccc21. The summed E-state index contributed by atoms with van der Waals surface area (Å²) in [5.41, 5.74) is 3.50. The predicted octanol–water partition coefficient (Wildman–Crippen LogP) is 3.52. The number of ether oxygens (including phenoxy) is 1. The third kappa shape index (κ3) is 3.88. The Kier molecular flexibility index (Phi) is 4.89. The Hall–Kier alpha value is -2.39. The summed E-state index contributed by atoms with van der Waals surface area (Å²) >= 11 is 0. The van der Waals surface area contributed by atoms with E-state index < -0.39 is 0 Å². The molecule has 2 atom stereocenters. The van der Waals surface area contributed by atoms with Crippen molar-refractivity contribution in [3.05, 3.63) is 77.4 Å². The van der Waals surface area contributed by atoms with Crippen molar-refractivity contribution in [1.29, 1.82) is 0 Å². The summed E-state index contributed by atoms with van der Waals surface area (Å²) in [6, 6.07) is 18.0. The molecule has 1 aliphatic rings. The van der Waals surface area contributed by atoms with E-state index in [1.165, 1.54) is 11.1 Å². The molecule has 0 fully saturated rings. The average Bonchev–Trinajstić information content (AvgIpc) is 2.60. The van der Waals surface area contributed by atoms with Crippen molar-refractivity contribution in [3.63, 3.8) is 0 Å². The molecule has 0 aliphatic carbocycles. The van der Waals surface area contributed by atoms with Crippen LogP contribution in [0.25, 0.3) is 6.08 Å². The number of carbonyl (C=O) groups excluding carboxylic acids is 1. The molecule has 0 unspecified atom stereocenters. The van der Waals surface area contributed by atoms with Gasteiger partial charge in [0, 0.05) is 6.08 Å². The van der Waals surface area contributed by atoms with Gasteiger partial charge in [-0.15, -0.1) is 0 Å². The summed E-state index contributed by atoms with van der Waals surface area (Å²) in [6.45, 7) is 2.68. The van der Waals surface area contributed by atoms with Crippen molar-refractivity contribution >= 4 is 12.0 Å². The number of nitrogens with one attached hydrogen (secondary N) is 1. The molecule has 3 nitrogen and oxygen atoms in total. The molecule has 0 bridgehead atoms. The highest BCUT2D eigenvalue weighted by Crippen LogP contribution is 2.29. The van der Waals surface area contributed by atoms with Crippen LogP contribution in [0.1, 0.15) is 29.7 Å². The van der Waals surface area contributed by atoms with Crippen LogP contribution in [0.4, 0.5) is 0 Å². The van der Waals surface area contributed by atoms with E-state index in [0.29, 0.717) is 6.61 Å². The lowest BCUT2D eigenvalue weighted by molar-refractivity contribution is -0.118. The number of fused-ring (bicyclic) bond motifs is 1. The molecule has 0 aromatic heterocycles. The lowest BCUT2D eigenvalue weighted by Gasteiger charge is -2.30. The van der Waals surface area contributed by atoms with E-state index in [-0.39, 0.29) is 18.1 Å². The summed E-state index contributed by atoms with van der Waals surface area (Å²) in [5, 5.41) is 3.01. The standard InChI is InChI=1S/C20H21NO2/c1-15(20-18-10-6-5-9-17(18)13-14-23-20)21-19(22)12-11-16-7-3-2-4-8-16/h2-12,15,20H,13-14H2,1H3,(H,21,22)/t15-,20+/m1/s1. The molecule has 3 heteroatoms. The zero-order chi connectivity index (χ0) is 16.1. The fourth-order valence-electron chi connectivity index (χ4n) is 2.92. The first-order valence-electron chi connectivity index (χ1n) is 7.97. The molecule has 118 valence electrons. The lowest BCUT2D eigenvalue weighted by atomic mass is 9.94. The summed E-state index contributed by atoms with van der Waals surface area (Å²) in [4.78, 5) is 12.1. The van der Waals surface area contributed by atoms with E-state index in [9.17, 15) is 4.79 Å². The maximum absolute atomic E-state index is 12.1. The van der Waals surface area contributed by atoms with Gasteiger partial charge in [-0.05, 0) is 36.1 Å². The third-order valence-electron chi connectivity index (χ3n) is 4.08. The molecule has 0 spiro atoms. The van der Waals surface area contributed by atoms with Gasteiger partial charge in [-0.1, -0.05) is 54.6 Å². The highest BCUT2D eigenvalue weighted by Gasteiger charge is 2.26. The first-order valence-corrected chi connectivity index (χ1v) is 7.97. The number of hydrogen-bond donors (Lipinski definition) is 1. The second kappa shape index (κ2) is 7.25. The van der Waals surface area contributed by atoms with Crippen LogP contribution in [0, 0.1) is 0 Å². The minimum atomic E-state index is -0.104. The summed E-state index contributed by atoms with van der Waals surface area (Å²) in [7, 11) is 0. The van der Waals surface area contributed by atoms with E-state index in [1.54, 1.807) is 6.08 Å². The molecule has 1 N–H and O–H groups in total. The van der Waals surface area contributed by atoms with E-state index >= 15 is 0 Å². The van der Waals surface area contributed by atoms with Gasteiger partial charge in [-0.25, -0.2) is 0 Å². The van der Waals surface area contributed by atoms with Gasteiger partial charge in [0.2, 0.25) is 5.91 Å². The molecule has 1 heterocycles. The van der Waals surface area contributed by atoms with Gasteiger partial charge < -0.3 is 10.1 Å². The van der Waals surface area contributed by atoms with Crippen LogP contribution in [-0.4, -0.2) is 18.6 Å². The molecule has 1 amide bonds. The van der Waals surface area contributed by atoms with E-state index in [0.717, 1.165) is 12.0 Å². The number of benzene rings is 2. The second-order valence-corrected chi connectivity index (χ2v) is 5.78. The van der Waals surface area contributed by atoms with Gasteiger partial charge in [0.25, 0.3) is 0 Å². The van der Waals surface area contributed by atoms with Crippen molar-refractivity contribution in [2.75, 3.05) is 6.61 Å². The topological polar surface area (TPSA) is 38.3 Å². The van der Waals surface area contributed by atoms with Crippen LogP contribution in [0.3, 0.4) is 0 Å². The molecule has 1 aliphatic heterocycles. The minimum absolute atomic E-state index is 0.0793. The fraction of sp³-hybridized carbons (Fsp3) is 0.250. The summed E-state index contributed by atoms with van der Waals surface area (Å²) in [6.07, 6.45) is 4.23. The van der Waals surface area contributed by atoms with Crippen LogP contribution < -0.4 is 5.32 Å². The van der Waals surface area contributed by atoms with E-state index in [2.05, 4.69) is 17.4 Å². The molecule has 3 rings (SSSR count). The normalized spacial score (nSPS) is 18.4. The lowest BCUT2D eigenvalue weighted by Crippen LogP contribution is -2.39. The molecular formula is C20H21NO2. The van der Waals surface area contributed by atoms with Gasteiger partial charge in [0.1, 0.15) is 6.10 Å². The zero-order valence-electron chi connectivity index (χ0n) is 13.2. The van der Waals surface area contributed by atoms with Crippen molar-refractivity contribution in [1.82, 2.24) is 5.32 Å². The van der Waals surface area contributed by atoms with Crippen LogP contribution in [0.15, 0.2) is 60.7 Å². The number of hydrogen-bond acceptors (Lipinski definition) is 2. The quantitative estimate of drug-likeness (QED) is 0.878. The van der Waals surface area contributed by atoms with Gasteiger partial charge in [-0.3, -0.25) is 4.79 Å². The van der Waals surface area contributed by atoms with E-state index in [1.807, 2.05) is 55.5 Å². The molecule has 0 saturated carbocycles. The monoisotopic (exact) mass is 307 g/mol. The van der Waals surface area contributed by atoms with Crippen molar-refractivity contribution in [2.45, 2.75) is 25.5 Å². The summed E-state index contributed by atoms with van der Waals surface area (Å²) in [5.74, 6) is -0.104. The fourth-order valence-corrected chi connectivity index (χ4v) is 2.92. The van der Waals surface area contributed by atoms with E-state index in [4.69, 9.17) is 4.74 Å². The minimum Gasteiger partial charge on any atom is -0.371 e. The van der Waals surface area contributed by atoms with Gasteiger partial charge >= 0.3 is 0 Å². The Morgan fingerprint density at radius 2 is 1.91 bits per heavy atom. The van der Waals surface area contributed by atoms with Crippen molar-refractivity contribution in [3.8, 4) is 0 Å². The zero-order valence-corrected chi connectivity index (χ0v) is 13.2. The Labute approximate surface area is 137 Å². The smallest absolute Gasteiger partial charge is 0.244 e. The summed E-state index contributed by atoms with van der Waals surface area (Å²) < 4.78 is 5.89. The van der Waals surface area contributed by atoms with Gasteiger partial charge in [-0.2, -0.15) is 0 Å². The van der Waals surface area contributed by atoms with Crippen LogP contribution >= 0.6 is 0 Å². The first-order chi connectivity index (χ1) is 11.2. The maximum atomic E-state index is 12.1. The van der Waals surface area contributed by atoms with Crippen molar-refractivity contribution < 1.29 is 9.53 Å². The van der Waals surface area contributed by atoms with Crippen LogP contribution in [-0.2, 0) is 16.0 Å². The third-order valence-corrected chi connectivity index (χ3v) is 4.08. The molecule has 23 heavy (non-hydrogen) atoms. The Morgan fingerprint density at radius 3 is 2.74 bits per heavy atom. The van der Waals surface area contributed by atoms with Crippen molar-refractivity contribution in [2.24, 2.45) is 0 Å². The molecular weight excluding hydrogens is 286 g/mol.